The molecule has 0 saturated carbocycles. The lowest BCUT2D eigenvalue weighted by Gasteiger charge is -2.09. The van der Waals surface area contributed by atoms with Crippen molar-refractivity contribution >= 4 is 29.1 Å². The number of hydrogen-bond acceptors (Lipinski definition) is 4. The summed E-state index contributed by atoms with van der Waals surface area (Å²) in [5, 5.41) is 10.9. The molecule has 1 aliphatic rings. The van der Waals surface area contributed by atoms with Gasteiger partial charge in [-0.05, 0) is 18.6 Å². The lowest BCUT2D eigenvalue weighted by molar-refractivity contribution is -0.119. The zero-order valence-electron chi connectivity index (χ0n) is 9.56. The Morgan fingerprint density at radius 1 is 1.56 bits per heavy atom. The van der Waals surface area contributed by atoms with Crippen LogP contribution in [0.3, 0.4) is 0 Å². The Morgan fingerprint density at radius 3 is 3.22 bits per heavy atom. The number of carbonyl (C=O) groups excluding carboxylic acids is 1. The molecule has 6 nitrogen and oxygen atoms in total. The van der Waals surface area contributed by atoms with Gasteiger partial charge >= 0.3 is 0 Å². The smallest absolute Gasteiger partial charge is 0.243 e. The Bertz CT molecular complexity index is 596. The maximum atomic E-state index is 11.1. The maximum Gasteiger partial charge on any atom is 0.243 e. The van der Waals surface area contributed by atoms with E-state index in [0.717, 1.165) is 12.1 Å². The number of anilines is 1. The number of halogens is 1. The number of nitrogens with zero attached hydrogens (tertiary/aromatic N) is 3. The maximum absolute atomic E-state index is 11.1. The number of hydrogen-bond donors (Lipinski definition) is 2. The van der Waals surface area contributed by atoms with Crippen LogP contribution >= 0.6 is 11.6 Å². The first-order valence-corrected chi connectivity index (χ1v) is 6.14. The van der Waals surface area contributed by atoms with Crippen molar-refractivity contribution in [1.29, 1.82) is 0 Å². The van der Waals surface area contributed by atoms with Gasteiger partial charge in [0, 0.05) is 25.2 Å². The zero-order chi connectivity index (χ0) is 12.5. The van der Waals surface area contributed by atoms with Crippen LogP contribution in [0, 0.1) is 0 Å². The number of rotatable bonds is 3. The van der Waals surface area contributed by atoms with Crippen LogP contribution in [-0.4, -0.2) is 33.1 Å². The standard InChI is InChI=1S/C11H12ClN5O/c12-7-1-3-9-15-11(16-17(9)6-7)13-5-8-2-4-10(18)14-8/h1,3,6,8H,2,4-5H2,(H,13,16)(H,14,18). The van der Waals surface area contributed by atoms with Crippen molar-refractivity contribution < 1.29 is 4.79 Å². The summed E-state index contributed by atoms with van der Waals surface area (Å²) in [5.74, 6) is 0.648. The molecule has 0 aliphatic carbocycles. The molecule has 1 unspecified atom stereocenters. The van der Waals surface area contributed by atoms with Crippen molar-refractivity contribution in [2.24, 2.45) is 0 Å². The minimum absolute atomic E-state index is 0.108. The molecule has 0 spiro atoms. The van der Waals surface area contributed by atoms with Crippen LogP contribution in [-0.2, 0) is 4.79 Å². The van der Waals surface area contributed by atoms with Crippen LogP contribution in [0.25, 0.3) is 5.65 Å². The highest BCUT2D eigenvalue weighted by Gasteiger charge is 2.20. The second-order valence-corrected chi connectivity index (χ2v) is 4.71. The molecular formula is C11H12ClN5O. The van der Waals surface area contributed by atoms with Crippen molar-refractivity contribution in [1.82, 2.24) is 19.9 Å². The number of aromatic nitrogens is 3. The van der Waals surface area contributed by atoms with Gasteiger partial charge in [0.05, 0.1) is 5.02 Å². The summed E-state index contributed by atoms with van der Waals surface area (Å²) in [6.07, 6.45) is 3.15. The highest BCUT2D eigenvalue weighted by atomic mass is 35.5. The summed E-state index contributed by atoms with van der Waals surface area (Å²) in [6, 6.07) is 3.73. The predicted octanol–water partition coefficient (Wildman–Crippen LogP) is 1.07. The first-order chi connectivity index (χ1) is 8.70. The van der Waals surface area contributed by atoms with Gasteiger partial charge in [0.1, 0.15) is 0 Å². The van der Waals surface area contributed by atoms with Crippen LogP contribution in [0.2, 0.25) is 5.02 Å². The van der Waals surface area contributed by atoms with Gasteiger partial charge in [-0.1, -0.05) is 11.6 Å². The summed E-state index contributed by atoms with van der Waals surface area (Å²) in [4.78, 5) is 15.4. The number of fused-ring (bicyclic) bond motifs is 1. The third kappa shape index (κ3) is 2.24. The Hall–Kier alpha value is -1.82. The topological polar surface area (TPSA) is 71.3 Å². The van der Waals surface area contributed by atoms with Crippen molar-refractivity contribution in [2.45, 2.75) is 18.9 Å². The molecular weight excluding hydrogens is 254 g/mol. The van der Waals surface area contributed by atoms with Gasteiger partial charge in [-0.2, -0.15) is 4.98 Å². The molecule has 94 valence electrons. The Kier molecular flexibility index (Phi) is 2.79. The molecule has 7 heteroatoms. The van der Waals surface area contributed by atoms with Gasteiger partial charge in [-0.25, -0.2) is 4.52 Å². The number of nitrogens with one attached hydrogen (secondary N) is 2. The monoisotopic (exact) mass is 265 g/mol. The molecule has 3 heterocycles. The minimum atomic E-state index is 0.108. The third-order valence-corrected chi connectivity index (χ3v) is 3.11. The van der Waals surface area contributed by atoms with Crippen LogP contribution < -0.4 is 10.6 Å². The normalized spacial score (nSPS) is 19.2. The average Bonchev–Trinajstić information content (AvgIpc) is 2.92. The molecule has 1 atom stereocenters. The van der Waals surface area contributed by atoms with Crippen LogP contribution in [0.15, 0.2) is 18.3 Å². The van der Waals surface area contributed by atoms with E-state index in [-0.39, 0.29) is 11.9 Å². The SMILES string of the molecule is O=C1CCC(CNc2nc3ccc(Cl)cn3n2)N1. The van der Waals surface area contributed by atoms with Gasteiger partial charge in [0.15, 0.2) is 5.65 Å². The molecule has 1 amide bonds. The molecule has 0 aromatic carbocycles. The molecule has 18 heavy (non-hydrogen) atoms. The van der Waals surface area contributed by atoms with E-state index in [1.165, 1.54) is 0 Å². The Labute approximate surface area is 108 Å². The van der Waals surface area contributed by atoms with Crippen molar-refractivity contribution in [2.75, 3.05) is 11.9 Å². The van der Waals surface area contributed by atoms with E-state index in [9.17, 15) is 4.79 Å². The van der Waals surface area contributed by atoms with Crippen LogP contribution in [0.4, 0.5) is 5.95 Å². The molecule has 1 aliphatic heterocycles. The van der Waals surface area contributed by atoms with Gasteiger partial charge in [-0.3, -0.25) is 4.79 Å². The molecule has 0 radical (unpaired) electrons. The van der Waals surface area contributed by atoms with Gasteiger partial charge in [-0.15, -0.1) is 5.10 Å². The lowest BCUT2D eigenvalue weighted by atomic mass is 10.2. The molecule has 1 saturated heterocycles. The minimum Gasteiger partial charge on any atom is -0.352 e. The van der Waals surface area contributed by atoms with E-state index in [2.05, 4.69) is 20.7 Å². The van der Waals surface area contributed by atoms with Gasteiger partial charge < -0.3 is 10.6 Å². The predicted molar refractivity (Wildman–Crippen MR) is 67.7 cm³/mol. The van der Waals surface area contributed by atoms with Crippen LogP contribution in [0.1, 0.15) is 12.8 Å². The summed E-state index contributed by atoms with van der Waals surface area (Å²) < 4.78 is 1.62. The number of amides is 1. The lowest BCUT2D eigenvalue weighted by Crippen LogP contribution is -2.32. The highest BCUT2D eigenvalue weighted by molar-refractivity contribution is 6.30. The van der Waals surface area contributed by atoms with Crippen molar-refractivity contribution in [3.63, 3.8) is 0 Å². The fourth-order valence-corrected chi connectivity index (χ4v) is 2.13. The second kappa shape index (κ2) is 4.45. The fraction of sp³-hybridized carbons (Fsp3) is 0.364. The van der Waals surface area contributed by atoms with E-state index in [1.807, 2.05) is 0 Å². The summed E-state index contributed by atoms with van der Waals surface area (Å²) in [6.45, 7) is 0.635. The Morgan fingerprint density at radius 2 is 2.44 bits per heavy atom. The number of pyridine rings is 1. The molecule has 3 rings (SSSR count). The van der Waals surface area contributed by atoms with E-state index in [0.29, 0.717) is 23.9 Å². The summed E-state index contributed by atoms with van der Waals surface area (Å²) >= 11 is 5.87. The molecule has 2 aromatic heterocycles. The Balaban J connectivity index is 1.69. The van der Waals surface area contributed by atoms with Crippen molar-refractivity contribution in [3.05, 3.63) is 23.4 Å². The third-order valence-electron chi connectivity index (χ3n) is 2.89. The first kappa shape index (κ1) is 11.3. The summed E-state index contributed by atoms with van der Waals surface area (Å²) in [5.41, 5.74) is 0.734. The summed E-state index contributed by atoms with van der Waals surface area (Å²) in [7, 11) is 0. The largest absolute Gasteiger partial charge is 0.352 e. The zero-order valence-corrected chi connectivity index (χ0v) is 10.3. The van der Waals surface area contributed by atoms with E-state index in [4.69, 9.17) is 11.6 Å². The van der Waals surface area contributed by atoms with Crippen LogP contribution in [0.5, 0.6) is 0 Å². The number of carbonyl (C=O) groups is 1. The molecule has 1 fully saturated rings. The first-order valence-electron chi connectivity index (χ1n) is 5.76. The van der Waals surface area contributed by atoms with Gasteiger partial charge in [0.2, 0.25) is 11.9 Å². The van der Waals surface area contributed by atoms with E-state index in [1.54, 1.807) is 22.8 Å². The highest BCUT2D eigenvalue weighted by Crippen LogP contribution is 2.12. The van der Waals surface area contributed by atoms with Gasteiger partial charge in [0.25, 0.3) is 0 Å². The second-order valence-electron chi connectivity index (χ2n) is 4.27. The van der Waals surface area contributed by atoms with E-state index >= 15 is 0 Å². The van der Waals surface area contributed by atoms with Crippen molar-refractivity contribution in [3.8, 4) is 0 Å². The quantitative estimate of drug-likeness (QED) is 0.871. The fourth-order valence-electron chi connectivity index (χ4n) is 1.98. The molecule has 0 bridgehead atoms. The molecule has 2 N–H and O–H groups in total. The van der Waals surface area contributed by atoms with E-state index < -0.39 is 0 Å². The molecule has 2 aromatic rings. The average molecular weight is 266 g/mol.